The number of carboxylic acid groups (broad SMARTS) is 1. The number of carbonyl (C=O) groups is 2. The normalized spacial score (nSPS) is 13.2. The molecule has 1 N–H and O–H groups in total. The molecule has 0 saturated heterocycles. The number of carbonyl (C=O) groups excluding carboxylic acids is 1. The zero-order valence-electron chi connectivity index (χ0n) is 11.3. The van der Waals surface area contributed by atoms with Crippen molar-refractivity contribution in [1.82, 2.24) is 15.0 Å². The Morgan fingerprint density at radius 1 is 1.33 bits per heavy atom. The van der Waals surface area contributed by atoms with E-state index in [0.29, 0.717) is 25.9 Å². The molecule has 0 saturated carbocycles. The Balaban J connectivity index is 1.71. The van der Waals surface area contributed by atoms with Crippen LogP contribution in [0.5, 0.6) is 0 Å². The Morgan fingerprint density at radius 2 is 2.19 bits per heavy atom. The van der Waals surface area contributed by atoms with Crippen LogP contribution >= 0.6 is 0 Å². The Bertz CT molecular complexity index is 682. The van der Waals surface area contributed by atoms with E-state index < -0.39 is 5.97 Å². The van der Waals surface area contributed by atoms with E-state index in [-0.39, 0.29) is 11.5 Å². The Morgan fingerprint density at radius 3 is 2.90 bits per heavy atom. The zero-order chi connectivity index (χ0) is 14.8. The Kier molecular flexibility index (Phi) is 3.39. The van der Waals surface area contributed by atoms with E-state index in [0.717, 1.165) is 11.3 Å². The molecule has 2 heterocycles. The van der Waals surface area contributed by atoms with E-state index in [2.05, 4.69) is 10.3 Å². The Labute approximate surface area is 120 Å². The maximum atomic E-state index is 12.3. The van der Waals surface area contributed by atoms with Crippen molar-refractivity contribution in [3.8, 4) is 0 Å². The maximum Gasteiger partial charge on any atom is 0.335 e. The minimum Gasteiger partial charge on any atom is -0.478 e. The van der Waals surface area contributed by atoms with E-state index in [1.807, 2.05) is 0 Å². The highest BCUT2D eigenvalue weighted by atomic mass is 16.4. The molecule has 1 aromatic carbocycles. The van der Waals surface area contributed by atoms with Gasteiger partial charge in [-0.2, -0.15) is 0 Å². The molecule has 7 heteroatoms. The number of hydrogen-bond donors (Lipinski definition) is 1. The molecule has 3 rings (SSSR count). The van der Waals surface area contributed by atoms with E-state index in [9.17, 15) is 9.59 Å². The van der Waals surface area contributed by atoms with E-state index in [4.69, 9.17) is 5.11 Å². The van der Waals surface area contributed by atoms with Crippen molar-refractivity contribution in [2.75, 3.05) is 11.4 Å². The van der Waals surface area contributed by atoms with Gasteiger partial charge in [-0.05, 0) is 30.2 Å². The van der Waals surface area contributed by atoms with Gasteiger partial charge in [0.1, 0.15) is 0 Å². The van der Waals surface area contributed by atoms with Gasteiger partial charge in [-0.3, -0.25) is 9.48 Å². The molecule has 2 aromatic rings. The number of anilines is 1. The summed E-state index contributed by atoms with van der Waals surface area (Å²) in [5, 5.41) is 16.5. The van der Waals surface area contributed by atoms with Gasteiger partial charge in [0.05, 0.1) is 18.3 Å². The molecule has 1 aromatic heterocycles. The van der Waals surface area contributed by atoms with Gasteiger partial charge < -0.3 is 10.0 Å². The first-order valence-corrected chi connectivity index (χ1v) is 6.66. The molecule has 108 valence electrons. The molecule has 0 radical (unpaired) electrons. The molecule has 0 fully saturated rings. The minimum absolute atomic E-state index is 0.00678. The number of rotatable bonds is 4. The van der Waals surface area contributed by atoms with E-state index in [1.165, 1.54) is 6.07 Å². The average Bonchev–Trinajstić information content (AvgIpc) is 3.13. The second-order valence-electron chi connectivity index (χ2n) is 4.86. The fraction of sp³-hybridized carbons (Fsp3) is 0.286. The number of nitrogens with zero attached hydrogens (tertiary/aromatic N) is 4. The highest BCUT2D eigenvalue weighted by molar-refractivity contribution is 5.96. The monoisotopic (exact) mass is 286 g/mol. The number of carboxylic acids is 1. The van der Waals surface area contributed by atoms with E-state index in [1.54, 1.807) is 34.1 Å². The van der Waals surface area contributed by atoms with Gasteiger partial charge >= 0.3 is 5.97 Å². The van der Waals surface area contributed by atoms with Gasteiger partial charge in [-0.15, -0.1) is 5.10 Å². The number of aromatic carboxylic acids is 1. The lowest BCUT2D eigenvalue weighted by Gasteiger charge is -2.17. The first kappa shape index (κ1) is 13.3. The van der Waals surface area contributed by atoms with Crippen molar-refractivity contribution in [1.29, 1.82) is 0 Å². The summed E-state index contributed by atoms with van der Waals surface area (Å²) in [6.07, 6.45) is 4.31. The van der Waals surface area contributed by atoms with Crippen molar-refractivity contribution in [2.45, 2.75) is 19.4 Å². The Hall–Kier alpha value is -2.70. The maximum absolute atomic E-state index is 12.3. The lowest BCUT2D eigenvalue weighted by Crippen LogP contribution is -2.29. The summed E-state index contributed by atoms with van der Waals surface area (Å²) in [4.78, 5) is 24.9. The van der Waals surface area contributed by atoms with Crippen LogP contribution in [0.2, 0.25) is 0 Å². The molecule has 1 amide bonds. The number of benzene rings is 1. The molecule has 0 spiro atoms. The van der Waals surface area contributed by atoms with Crippen LogP contribution in [-0.4, -0.2) is 38.5 Å². The van der Waals surface area contributed by atoms with Gasteiger partial charge in [0, 0.05) is 24.8 Å². The molecular formula is C14H14N4O3. The van der Waals surface area contributed by atoms with Gasteiger partial charge in [0.15, 0.2) is 0 Å². The SMILES string of the molecule is O=C(O)c1ccc2c(c1)CCN2C(=O)CCn1ccnn1. The van der Waals surface area contributed by atoms with Crippen LogP contribution < -0.4 is 4.90 Å². The van der Waals surface area contributed by atoms with Gasteiger partial charge in [-0.25, -0.2) is 4.79 Å². The summed E-state index contributed by atoms with van der Waals surface area (Å²) in [6, 6.07) is 4.88. The molecule has 0 bridgehead atoms. The van der Waals surface area contributed by atoms with Crippen molar-refractivity contribution in [3.63, 3.8) is 0 Å². The fourth-order valence-electron chi connectivity index (χ4n) is 2.49. The van der Waals surface area contributed by atoms with Crippen LogP contribution in [0.25, 0.3) is 0 Å². The highest BCUT2D eigenvalue weighted by Crippen LogP contribution is 2.29. The van der Waals surface area contributed by atoms with Crippen molar-refractivity contribution < 1.29 is 14.7 Å². The van der Waals surface area contributed by atoms with Crippen molar-refractivity contribution >= 4 is 17.6 Å². The second kappa shape index (κ2) is 5.35. The summed E-state index contributed by atoms with van der Waals surface area (Å²) in [6.45, 7) is 1.08. The predicted octanol–water partition coefficient (Wildman–Crippen LogP) is 0.956. The molecule has 1 aliphatic heterocycles. The van der Waals surface area contributed by atoms with Crippen LogP contribution in [0.4, 0.5) is 5.69 Å². The molecule has 7 nitrogen and oxygen atoms in total. The second-order valence-corrected chi connectivity index (χ2v) is 4.86. The quantitative estimate of drug-likeness (QED) is 0.904. The highest BCUT2D eigenvalue weighted by Gasteiger charge is 2.25. The summed E-state index contributed by atoms with van der Waals surface area (Å²) >= 11 is 0. The summed E-state index contributed by atoms with van der Waals surface area (Å²) in [5.41, 5.74) is 1.97. The number of aromatic nitrogens is 3. The predicted molar refractivity (Wildman–Crippen MR) is 74.1 cm³/mol. The number of amides is 1. The van der Waals surface area contributed by atoms with Crippen LogP contribution in [0.3, 0.4) is 0 Å². The number of aryl methyl sites for hydroxylation is 1. The van der Waals surface area contributed by atoms with Gasteiger partial charge in [0.2, 0.25) is 5.91 Å². The first-order chi connectivity index (χ1) is 10.1. The molecule has 0 atom stereocenters. The van der Waals surface area contributed by atoms with Crippen molar-refractivity contribution in [3.05, 3.63) is 41.7 Å². The van der Waals surface area contributed by atoms with Crippen LogP contribution in [0, 0.1) is 0 Å². The smallest absolute Gasteiger partial charge is 0.335 e. The molecule has 0 aliphatic carbocycles. The third kappa shape index (κ3) is 2.62. The third-order valence-electron chi connectivity index (χ3n) is 3.55. The van der Waals surface area contributed by atoms with E-state index >= 15 is 0 Å². The molecule has 0 unspecified atom stereocenters. The summed E-state index contributed by atoms with van der Waals surface area (Å²) in [5.74, 6) is -0.943. The van der Waals surface area contributed by atoms with Crippen molar-refractivity contribution in [2.24, 2.45) is 0 Å². The lowest BCUT2D eigenvalue weighted by atomic mass is 10.1. The first-order valence-electron chi connectivity index (χ1n) is 6.66. The minimum atomic E-state index is -0.950. The van der Waals surface area contributed by atoms with Crippen LogP contribution in [0.1, 0.15) is 22.3 Å². The van der Waals surface area contributed by atoms with Crippen LogP contribution in [0.15, 0.2) is 30.6 Å². The lowest BCUT2D eigenvalue weighted by molar-refractivity contribution is -0.118. The number of hydrogen-bond acceptors (Lipinski definition) is 4. The van der Waals surface area contributed by atoms with Crippen LogP contribution in [-0.2, 0) is 17.8 Å². The van der Waals surface area contributed by atoms with Gasteiger partial charge in [0.25, 0.3) is 0 Å². The largest absolute Gasteiger partial charge is 0.478 e. The average molecular weight is 286 g/mol. The molecular weight excluding hydrogens is 272 g/mol. The number of fused-ring (bicyclic) bond motifs is 1. The third-order valence-corrected chi connectivity index (χ3v) is 3.55. The summed E-state index contributed by atoms with van der Waals surface area (Å²) < 4.78 is 1.61. The standard InChI is InChI=1S/C14H14N4O3/c19-13(4-6-17-8-5-15-16-17)18-7-3-10-9-11(14(20)21)1-2-12(10)18/h1-2,5,8-9H,3-4,6-7H2,(H,20,21). The molecule has 1 aliphatic rings. The molecule has 21 heavy (non-hydrogen) atoms. The zero-order valence-corrected chi connectivity index (χ0v) is 11.3. The summed E-state index contributed by atoms with van der Waals surface area (Å²) in [7, 11) is 0. The van der Waals surface area contributed by atoms with Gasteiger partial charge in [-0.1, -0.05) is 5.21 Å². The fourth-order valence-corrected chi connectivity index (χ4v) is 2.49. The topological polar surface area (TPSA) is 88.3 Å².